The highest BCUT2D eigenvalue weighted by Crippen LogP contribution is 2.21. The molecule has 1 aliphatic rings. The van der Waals surface area contributed by atoms with Crippen LogP contribution >= 0.6 is 0 Å². The fraction of sp³-hybridized carbons (Fsp3) is 0.500. The number of fused-ring (bicyclic) bond motifs is 1. The second kappa shape index (κ2) is 4.95. The van der Waals surface area contributed by atoms with Crippen molar-refractivity contribution in [3.63, 3.8) is 0 Å². The Balaban J connectivity index is 1.77. The lowest BCUT2D eigenvalue weighted by Gasteiger charge is -2.12. The Morgan fingerprint density at radius 3 is 3.20 bits per heavy atom. The van der Waals surface area contributed by atoms with E-state index >= 15 is 0 Å². The monoisotopic (exact) mass is 276 g/mol. The van der Waals surface area contributed by atoms with Gasteiger partial charge in [0.05, 0.1) is 18.8 Å². The Labute approximate surface area is 115 Å². The lowest BCUT2D eigenvalue weighted by atomic mass is 10.2. The van der Waals surface area contributed by atoms with Crippen LogP contribution in [0.1, 0.15) is 41.5 Å². The van der Waals surface area contributed by atoms with Crippen molar-refractivity contribution in [1.29, 1.82) is 0 Å². The number of nitrogens with one attached hydrogen (secondary N) is 2. The molecule has 1 unspecified atom stereocenters. The largest absolute Gasteiger partial charge is 0.368 e. The molecule has 8 nitrogen and oxygen atoms in total. The van der Waals surface area contributed by atoms with Crippen LogP contribution in [0, 0.1) is 6.92 Å². The summed E-state index contributed by atoms with van der Waals surface area (Å²) >= 11 is 0. The number of aryl methyl sites for hydroxylation is 1. The van der Waals surface area contributed by atoms with Crippen molar-refractivity contribution in [2.45, 2.75) is 32.9 Å². The zero-order valence-electron chi connectivity index (χ0n) is 11.4. The summed E-state index contributed by atoms with van der Waals surface area (Å²) in [4.78, 5) is 16.5. The molecule has 1 aliphatic heterocycles. The maximum atomic E-state index is 12.3. The first-order valence-corrected chi connectivity index (χ1v) is 6.59. The van der Waals surface area contributed by atoms with Gasteiger partial charge in [0.1, 0.15) is 11.4 Å². The first-order valence-electron chi connectivity index (χ1n) is 6.59. The van der Waals surface area contributed by atoms with E-state index in [0.717, 1.165) is 18.9 Å². The van der Waals surface area contributed by atoms with Crippen LogP contribution in [-0.2, 0) is 6.54 Å². The van der Waals surface area contributed by atoms with Crippen LogP contribution in [-0.4, -0.2) is 32.4 Å². The molecule has 8 heteroatoms. The SMILES string of the molecule is CCC(NC(=O)c1cnn2c1NCC2)c1noc(C)n1. The lowest BCUT2D eigenvalue weighted by Crippen LogP contribution is -2.29. The van der Waals surface area contributed by atoms with Gasteiger partial charge < -0.3 is 15.2 Å². The minimum atomic E-state index is -0.267. The van der Waals surface area contributed by atoms with E-state index in [1.165, 1.54) is 0 Å². The van der Waals surface area contributed by atoms with Crippen molar-refractivity contribution in [2.75, 3.05) is 11.9 Å². The van der Waals surface area contributed by atoms with E-state index in [1.807, 2.05) is 6.92 Å². The minimum Gasteiger partial charge on any atom is -0.368 e. The van der Waals surface area contributed by atoms with Crippen LogP contribution in [0.4, 0.5) is 5.82 Å². The van der Waals surface area contributed by atoms with Crippen molar-refractivity contribution in [2.24, 2.45) is 0 Å². The number of carbonyl (C=O) groups is 1. The molecule has 0 saturated carbocycles. The maximum Gasteiger partial charge on any atom is 0.257 e. The third-order valence-electron chi connectivity index (χ3n) is 3.27. The number of amides is 1. The third kappa shape index (κ3) is 2.13. The van der Waals surface area contributed by atoms with Crippen LogP contribution in [0.5, 0.6) is 0 Å². The van der Waals surface area contributed by atoms with Crippen molar-refractivity contribution in [3.05, 3.63) is 23.5 Å². The van der Waals surface area contributed by atoms with Gasteiger partial charge in [-0.25, -0.2) is 4.68 Å². The molecule has 3 heterocycles. The summed E-state index contributed by atoms with van der Waals surface area (Å²) < 4.78 is 6.74. The molecule has 0 bridgehead atoms. The molecule has 1 amide bonds. The topological polar surface area (TPSA) is 97.9 Å². The Morgan fingerprint density at radius 1 is 1.65 bits per heavy atom. The summed E-state index contributed by atoms with van der Waals surface area (Å²) in [7, 11) is 0. The summed E-state index contributed by atoms with van der Waals surface area (Å²) in [6.45, 7) is 5.26. The normalized spacial score (nSPS) is 14.7. The number of rotatable bonds is 4. The number of nitrogens with zero attached hydrogens (tertiary/aromatic N) is 4. The van der Waals surface area contributed by atoms with Crippen LogP contribution in [0.2, 0.25) is 0 Å². The highest BCUT2D eigenvalue weighted by Gasteiger charge is 2.24. The van der Waals surface area contributed by atoms with Gasteiger partial charge >= 0.3 is 0 Å². The van der Waals surface area contributed by atoms with E-state index in [1.54, 1.807) is 17.8 Å². The maximum absolute atomic E-state index is 12.3. The molecule has 0 aromatic carbocycles. The molecule has 2 aromatic rings. The van der Waals surface area contributed by atoms with Gasteiger partial charge in [0.25, 0.3) is 5.91 Å². The molecule has 0 spiro atoms. The van der Waals surface area contributed by atoms with E-state index in [2.05, 4.69) is 25.9 Å². The zero-order chi connectivity index (χ0) is 14.1. The number of hydrogen-bond donors (Lipinski definition) is 2. The Hall–Kier alpha value is -2.38. The van der Waals surface area contributed by atoms with Crippen LogP contribution in [0.15, 0.2) is 10.7 Å². The molecule has 0 fully saturated rings. The predicted octanol–water partition coefficient (Wildman–Crippen LogP) is 0.881. The molecule has 2 aromatic heterocycles. The molecule has 106 valence electrons. The van der Waals surface area contributed by atoms with Crippen molar-refractivity contribution < 1.29 is 9.32 Å². The number of hydrogen-bond acceptors (Lipinski definition) is 6. The van der Waals surface area contributed by atoms with Gasteiger partial charge in [0.15, 0.2) is 5.82 Å². The molecule has 0 radical (unpaired) electrons. The van der Waals surface area contributed by atoms with Gasteiger partial charge in [-0.05, 0) is 6.42 Å². The Morgan fingerprint density at radius 2 is 2.50 bits per heavy atom. The molecule has 1 atom stereocenters. The van der Waals surface area contributed by atoms with Gasteiger partial charge in [0.2, 0.25) is 5.89 Å². The first-order chi connectivity index (χ1) is 9.69. The molecule has 2 N–H and O–H groups in total. The molecule has 3 rings (SSSR count). The van der Waals surface area contributed by atoms with Crippen LogP contribution in [0.3, 0.4) is 0 Å². The fourth-order valence-corrected chi connectivity index (χ4v) is 2.23. The van der Waals surface area contributed by atoms with Crippen molar-refractivity contribution >= 4 is 11.7 Å². The number of anilines is 1. The van der Waals surface area contributed by atoms with Crippen LogP contribution in [0.25, 0.3) is 0 Å². The summed E-state index contributed by atoms with van der Waals surface area (Å²) in [5.41, 5.74) is 0.543. The molecular formula is C12H16N6O2. The second-order valence-electron chi connectivity index (χ2n) is 4.66. The van der Waals surface area contributed by atoms with Gasteiger partial charge in [0, 0.05) is 13.5 Å². The van der Waals surface area contributed by atoms with Crippen LogP contribution < -0.4 is 10.6 Å². The molecular weight excluding hydrogens is 260 g/mol. The Kier molecular flexibility index (Phi) is 3.13. The molecule has 0 saturated heterocycles. The van der Waals surface area contributed by atoms with Crippen molar-refractivity contribution in [1.82, 2.24) is 25.2 Å². The fourth-order valence-electron chi connectivity index (χ4n) is 2.23. The number of aromatic nitrogens is 4. The zero-order valence-corrected chi connectivity index (χ0v) is 11.4. The average molecular weight is 276 g/mol. The lowest BCUT2D eigenvalue weighted by molar-refractivity contribution is 0.0934. The first kappa shape index (κ1) is 12.6. The van der Waals surface area contributed by atoms with E-state index < -0.39 is 0 Å². The third-order valence-corrected chi connectivity index (χ3v) is 3.27. The van der Waals surface area contributed by atoms with Gasteiger partial charge in [-0.3, -0.25) is 4.79 Å². The Bertz CT molecular complexity index is 632. The minimum absolute atomic E-state index is 0.185. The van der Waals surface area contributed by atoms with E-state index in [9.17, 15) is 4.79 Å². The number of carbonyl (C=O) groups excluding carboxylic acids is 1. The van der Waals surface area contributed by atoms with Gasteiger partial charge in [-0.15, -0.1) is 0 Å². The van der Waals surface area contributed by atoms with E-state index in [-0.39, 0.29) is 11.9 Å². The van der Waals surface area contributed by atoms with Gasteiger partial charge in [-0.1, -0.05) is 12.1 Å². The van der Waals surface area contributed by atoms with Gasteiger partial charge in [-0.2, -0.15) is 10.1 Å². The summed E-state index contributed by atoms with van der Waals surface area (Å²) in [6.07, 6.45) is 2.26. The highest BCUT2D eigenvalue weighted by molar-refractivity contribution is 5.99. The van der Waals surface area contributed by atoms with E-state index in [4.69, 9.17) is 4.52 Å². The summed E-state index contributed by atoms with van der Waals surface area (Å²) in [5, 5.41) is 14.1. The van der Waals surface area contributed by atoms with E-state index in [0.29, 0.717) is 23.7 Å². The summed E-state index contributed by atoms with van der Waals surface area (Å²) in [5.74, 6) is 1.56. The standard InChI is InChI=1S/C12H16N6O2/c1-3-9(10-15-7(2)20-17-10)16-12(19)8-6-14-18-5-4-13-11(8)18/h6,9,13H,3-5H2,1-2H3,(H,16,19). The predicted molar refractivity (Wildman–Crippen MR) is 70.2 cm³/mol. The molecule has 0 aliphatic carbocycles. The molecule has 20 heavy (non-hydrogen) atoms. The highest BCUT2D eigenvalue weighted by atomic mass is 16.5. The van der Waals surface area contributed by atoms with Crippen molar-refractivity contribution in [3.8, 4) is 0 Å². The summed E-state index contributed by atoms with van der Waals surface area (Å²) in [6, 6.07) is -0.267. The second-order valence-corrected chi connectivity index (χ2v) is 4.66. The quantitative estimate of drug-likeness (QED) is 0.860. The average Bonchev–Trinajstić information content (AvgIpc) is 3.11. The smallest absolute Gasteiger partial charge is 0.257 e.